The molecule has 1 aromatic carbocycles. The Morgan fingerprint density at radius 3 is 2.88 bits per heavy atom. The third-order valence-electron chi connectivity index (χ3n) is 2.20. The van der Waals surface area contributed by atoms with Crippen LogP contribution in [0.2, 0.25) is 0 Å². The van der Waals surface area contributed by atoms with Crippen molar-refractivity contribution in [3.63, 3.8) is 0 Å². The highest BCUT2D eigenvalue weighted by molar-refractivity contribution is 9.11. The molecular formula is C11H10Br2N2O. The number of hydrogen-bond donors (Lipinski definition) is 2. The van der Waals surface area contributed by atoms with Crippen LogP contribution >= 0.6 is 31.9 Å². The Labute approximate surface area is 110 Å². The molecular weight excluding hydrogens is 336 g/mol. The first-order valence-corrected chi connectivity index (χ1v) is 6.39. The van der Waals surface area contributed by atoms with Gasteiger partial charge in [-0.1, -0.05) is 15.9 Å². The number of nitrogens with one attached hydrogen (secondary N) is 1. The minimum Gasteiger partial charge on any atom is -0.395 e. The van der Waals surface area contributed by atoms with Crippen LogP contribution in [0.3, 0.4) is 0 Å². The number of rotatable bonds is 3. The molecule has 0 aliphatic rings. The maximum absolute atomic E-state index is 8.84. The predicted octanol–water partition coefficient (Wildman–Crippen LogP) is 3.16. The first kappa shape index (κ1) is 11.8. The summed E-state index contributed by atoms with van der Waals surface area (Å²) in [6.45, 7) is 0.620. The average molecular weight is 346 g/mol. The van der Waals surface area contributed by atoms with Gasteiger partial charge in [-0.25, -0.2) is 0 Å². The lowest BCUT2D eigenvalue weighted by Crippen LogP contribution is -2.06. The average Bonchev–Trinajstić information content (AvgIpc) is 2.28. The molecule has 5 heteroatoms. The molecule has 0 atom stereocenters. The molecule has 16 heavy (non-hydrogen) atoms. The standard InChI is InChI=1S/C11H10Br2N2O/c12-7-1-2-10-8(5-7)11(14-3-4-16)9(13)6-15-10/h1-2,5-6,16H,3-4H2,(H,14,15). The summed E-state index contributed by atoms with van der Waals surface area (Å²) in [6.07, 6.45) is 1.76. The first-order valence-electron chi connectivity index (χ1n) is 4.81. The van der Waals surface area contributed by atoms with Crippen LogP contribution in [0.5, 0.6) is 0 Å². The Hall–Kier alpha value is -0.650. The maximum Gasteiger partial charge on any atom is 0.0724 e. The van der Waals surface area contributed by atoms with E-state index in [2.05, 4.69) is 42.2 Å². The van der Waals surface area contributed by atoms with Crippen molar-refractivity contribution in [1.82, 2.24) is 4.98 Å². The lowest BCUT2D eigenvalue weighted by atomic mass is 10.2. The highest BCUT2D eigenvalue weighted by Gasteiger charge is 2.06. The highest BCUT2D eigenvalue weighted by atomic mass is 79.9. The molecule has 0 saturated heterocycles. The van der Waals surface area contributed by atoms with Crippen LogP contribution < -0.4 is 5.32 Å². The van der Waals surface area contributed by atoms with E-state index in [-0.39, 0.29) is 6.61 Å². The van der Waals surface area contributed by atoms with Crippen LogP contribution in [0.4, 0.5) is 5.69 Å². The van der Waals surface area contributed by atoms with Gasteiger partial charge in [0.1, 0.15) is 0 Å². The molecule has 2 N–H and O–H groups in total. The Kier molecular flexibility index (Phi) is 3.78. The zero-order valence-electron chi connectivity index (χ0n) is 8.37. The van der Waals surface area contributed by atoms with Gasteiger partial charge in [-0.15, -0.1) is 0 Å². The highest BCUT2D eigenvalue weighted by Crippen LogP contribution is 2.31. The largest absolute Gasteiger partial charge is 0.395 e. The van der Waals surface area contributed by atoms with Gasteiger partial charge < -0.3 is 10.4 Å². The molecule has 0 aliphatic carbocycles. The van der Waals surface area contributed by atoms with Gasteiger partial charge in [-0.05, 0) is 34.1 Å². The van der Waals surface area contributed by atoms with Gasteiger partial charge in [0.2, 0.25) is 0 Å². The number of benzene rings is 1. The van der Waals surface area contributed by atoms with Gasteiger partial charge in [-0.2, -0.15) is 0 Å². The lowest BCUT2D eigenvalue weighted by Gasteiger charge is -2.10. The number of pyridine rings is 1. The summed E-state index contributed by atoms with van der Waals surface area (Å²) in [4.78, 5) is 4.32. The first-order chi connectivity index (χ1) is 7.72. The quantitative estimate of drug-likeness (QED) is 0.898. The number of fused-ring (bicyclic) bond motifs is 1. The van der Waals surface area contributed by atoms with E-state index in [0.717, 1.165) is 25.5 Å². The van der Waals surface area contributed by atoms with Crippen molar-refractivity contribution in [2.45, 2.75) is 0 Å². The van der Waals surface area contributed by atoms with E-state index < -0.39 is 0 Å². The fraction of sp³-hybridized carbons (Fsp3) is 0.182. The Balaban J connectivity index is 2.58. The molecule has 2 rings (SSSR count). The molecule has 0 aliphatic heterocycles. The molecule has 3 nitrogen and oxygen atoms in total. The van der Waals surface area contributed by atoms with E-state index in [4.69, 9.17) is 5.11 Å². The van der Waals surface area contributed by atoms with Crippen molar-refractivity contribution in [3.8, 4) is 0 Å². The zero-order valence-corrected chi connectivity index (χ0v) is 11.5. The molecule has 0 bridgehead atoms. The van der Waals surface area contributed by atoms with Crippen LogP contribution in [0, 0.1) is 0 Å². The molecule has 0 fully saturated rings. The second-order valence-corrected chi connectivity index (χ2v) is 5.06. The van der Waals surface area contributed by atoms with Crippen molar-refractivity contribution in [2.75, 3.05) is 18.5 Å². The zero-order chi connectivity index (χ0) is 11.5. The topological polar surface area (TPSA) is 45.1 Å². The van der Waals surface area contributed by atoms with E-state index in [9.17, 15) is 0 Å². The van der Waals surface area contributed by atoms with Gasteiger partial charge >= 0.3 is 0 Å². The summed E-state index contributed by atoms with van der Waals surface area (Å²) in [5.74, 6) is 0. The minimum atomic E-state index is 0.101. The molecule has 1 aromatic heterocycles. The molecule has 1 heterocycles. The summed E-state index contributed by atoms with van der Waals surface area (Å²) < 4.78 is 1.90. The van der Waals surface area contributed by atoms with Crippen molar-refractivity contribution in [3.05, 3.63) is 33.3 Å². The van der Waals surface area contributed by atoms with Crippen molar-refractivity contribution >= 4 is 48.5 Å². The van der Waals surface area contributed by atoms with Gasteiger partial charge in [0.15, 0.2) is 0 Å². The Morgan fingerprint density at radius 1 is 1.31 bits per heavy atom. The normalized spacial score (nSPS) is 10.7. The van der Waals surface area contributed by atoms with Gasteiger partial charge in [0, 0.05) is 22.6 Å². The number of hydrogen-bond acceptors (Lipinski definition) is 3. The minimum absolute atomic E-state index is 0.101. The number of aromatic nitrogens is 1. The van der Waals surface area contributed by atoms with E-state index in [0.29, 0.717) is 6.54 Å². The third-order valence-corrected chi connectivity index (χ3v) is 3.29. The number of aliphatic hydroxyl groups is 1. The molecule has 0 amide bonds. The molecule has 0 radical (unpaired) electrons. The number of aliphatic hydroxyl groups excluding tert-OH is 1. The Morgan fingerprint density at radius 2 is 2.12 bits per heavy atom. The smallest absolute Gasteiger partial charge is 0.0724 e. The van der Waals surface area contributed by atoms with Crippen LogP contribution in [0.1, 0.15) is 0 Å². The second kappa shape index (κ2) is 5.12. The SMILES string of the molecule is OCCNc1c(Br)cnc2ccc(Br)cc12. The Bertz CT molecular complexity index is 511. The van der Waals surface area contributed by atoms with Crippen molar-refractivity contribution < 1.29 is 5.11 Å². The monoisotopic (exact) mass is 344 g/mol. The van der Waals surface area contributed by atoms with Crippen LogP contribution in [0.15, 0.2) is 33.3 Å². The fourth-order valence-corrected chi connectivity index (χ4v) is 2.32. The molecule has 0 spiro atoms. The van der Waals surface area contributed by atoms with Gasteiger partial charge in [0.25, 0.3) is 0 Å². The van der Waals surface area contributed by atoms with Crippen molar-refractivity contribution in [1.29, 1.82) is 0 Å². The van der Waals surface area contributed by atoms with E-state index in [1.807, 2.05) is 18.2 Å². The van der Waals surface area contributed by atoms with Gasteiger partial charge in [-0.3, -0.25) is 4.98 Å². The second-order valence-electron chi connectivity index (χ2n) is 3.29. The number of nitrogens with zero attached hydrogens (tertiary/aromatic N) is 1. The van der Waals surface area contributed by atoms with Crippen molar-refractivity contribution in [2.24, 2.45) is 0 Å². The molecule has 0 unspecified atom stereocenters. The third kappa shape index (κ3) is 2.36. The van der Waals surface area contributed by atoms with E-state index in [1.54, 1.807) is 6.20 Å². The molecule has 2 aromatic rings. The molecule has 0 saturated carbocycles. The fourth-order valence-electron chi connectivity index (χ4n) is 1.50. The van der Waals surface area contributed by atoms with Crippen LogP contribution in [-0.4, -0.2) is 23.2 Å². The number of anilines is 1. The van der Waals surface area contributed by atoms with Crippen LogP contribution in [0.25, 0.3) is 10.9 Å². The maximum atomic E-state index is 8.84. The summed E-state index contributed by atoms with van der Waals surface area (Å²) in [6, 6.07) is 5.92. The summed E-state index contributed by atoms with van der Waals surface area (Å²) >= 11 is 6.89. The number of halogens is 2. The van der Waals surface area contributed by atoms with Gasteiger partial charge in [0.05, 0.1) is 22.3 Å². The van der Waals surface area contributed by atoms with Crippen LogP contribution in [-0.2, 0) is 0 Å². The summed E-state index contributed by atoms with van der Waals surface area (Å²) in [5.41, 5.74) is 1.88. The van der Waals surface area contributed by atoms with E-state index in [1.165, 1.54) is 0 Å². The predicted molar refractivity (Wildman–Crippen MR) is 72.7 cm³/mol. The summed E-state index contributed by atoms with van der Waals surface area (Å²) in [7, 11) is 0. The van der Waals surface area contributed by atoms with E-state index >= 15 is 0 Å². The molecule has 84 valence electrons. The summed E-state index contributed by atoms with van der Waals surface area (Å²) in [5, 5.41) is 13.0. The lowest BCUT2D eigenvalue weighted by molar-refractivity contribution is 0.311.